The van der Waals surface area contributed by atoms with E-state index in [0.717, 1.165) is 18.6 Å². The molecule has 0 fully saturated rings. The predicted octanol–water partition coefficient (Wildman–Crippen LogP) is 1.78. The van der Waals surface area contributed by atoms with Gasteiger partial charge in [-0.1, -0.05) is 25.1 Å². The standard InChI is InChI=1S/C13H18O3/c1-2-7-15-9-11(14)13-8-10-5-3-4-6-12(10)16-13/h3-6,11,13-14H,2,7-9H2,1H3. The molecule has 1 N–H and O–H groups in total. The Bertz CT molecular complexity index is 313. The lowest BCUT2D eigenvalue weighted by Crippen LogP contribution is -2.34. The number of benzene rings is 1. The molecule has 2 atom stereocenters. The quantitative estimate of drug-likeness (QED) is 0.772. The second kappa shape index (κ2) is 5.32. The molecule has 16 heavy (non-hydrogen) atoms. The molecule has 1 aliphatic heterocycles. The van der Waals surface area contributed by atoms with Crippen LogP contribution in [0.2, 0.25) is 0 Å². The summed E-state index contributed by atoms with van der Waals surface area (Å²) in [5, 5.41) is 9.90. The molecule has 0 amide bonds. The monoisotopic (exact) mass is 222 g/mol. The van der Waals surface area contributed by atoms with Crippen molar-refractivity contribution >= 4 is 0 Å². The number of hydrogen-bond acceptors (Lipinski definition) is 3. The zero-order chi connectivity index (χ0) is 11.4. The van der Waals surface area contributed by atoms with Crippen molar-refractivity contribution in [1.29, 1.82) is 0 Å². The van der Waals surface area contributed by atoms with Gasteiger partial charge < -0.3 is 14.6 Å². The smallest absolute Gasteiger partial charge is 0.131 e. The lowest BCUT2D eigenvalue weighted by Gasteiger charge is -2.17. The first kappa shape index (κ1) is 11.4. The number of hydrogen-bond donors (Lipinski definition) is 1. The minimum atomic E-state index is -0.543. The number of para-hydroxylation sites is 1. The van der Waals surface area contributed by atoms with Crippen molar-refractivity contribution in [2.24, 2.45) is 0 Å². The molecule has 3 heteroatoms. The van der Waals surface area contributed by atoms with Crippen LogP contribution in [0.1, 0.15) is 18.9 Å². The summed E-state index contributed by atoms with van der Waals surface area (Å²) < 4.78 is 11.0. The van der Waals surface area contributed by atoms with Crippen LogP contribution in [-0.2, 0) is 11.2 Å². The Morgan fingerprint density at radius 2 is 2.31 bits per heavy atom. The summed E-state index contributed by atoms with van der Waals surface area (Å²) in [5.41, 5.74) is 1.17. The number of aliphatic hydroxyl groups is 1. The summed E-state index contributed by atoms with van der Waals surface area (Å²) >= 11 is 0. The highest BCUT2D eigenvalue weighted by Crippen LogP contribution is 2.29. The summed E-state index contributed by atoms with van der Waals surface area (Å²) in [6, 6.07) is 7.91. The fourth-order valence-electron chi connectivity index (χ4n) is 1.88. The molecule has 0 aliphatic carbocycles. The fraction of sp³-hybridized carbons (Fsp3) is 0.538. The van der Waals surface area contributed by atoms with Crippen LogP contribution in [0.15, 0.2) is 24.3 Å². The van der Waals surface area contributed by atoms with Crippen molar-refractivity contribution in [3.8, 4) is 5.75 Å². The zero-order valence-corrected chi connectivity index (χ0v) is 9.56. The maximum atomic E-state index is 9.90. The van der Waals surface area contributed by atoms with E-state index in [2.05, 4.69) is 0 Å². The Hall–Kier alpha value is -1.06. The van der Waals surface area contributed by atoms with Gasteiger partial charge in [0.2, 0.25) is 0 Å². The van der Waals surface area contributed by atoms with Crippen molar-refractivity contribution in [1.82, 2.24) is 0 Å². The van der Waals surface area contributed by atoms with Gasteiger partial charge in [-0.15, -0.1) is 0 Å². The van der Waals surface area contributed by atoms with Gasteiger partial charge in [-0.05, 0) is 18.1 Å². The Balaban J connectivity index is 1.86. The van der Waals surface area contributed by atoms with E-state index in [9.17, 15) is 5.11 Å². The molecule has 0 spiro atoms. The highest BCUT2D eigenvalue weighted by atomic mass is 16.5. The number of ether oxygens (including phenoxy) is 2. The number of fused-ring (bicyclic) bond motifs is 1. The van der Waals surface area contributed by atoms with Gasteiger partial charge in [0.1, 0.15) is 18.0 Å². The van der Waals surface area contributed by atoms with E-state index >= 15 is 0 Å². The van der Waals surface area contributed by atoms with Crippen molar-refractivity contribution in [3.05, 3.63) is 29.8 Å². The molecule has 88 valence electrons. The van der Waals surface area contributed by atoms with Crippen molar-refractivity contribution in [2.75, 3.05) is 13.2 Å². The third-order valence-electron chi connectivity index (χ3n) is 2.74. The maximum absolute atomic E-state index is 9.90. The third kappa shape index (κ3) is 2.54. The lowest BCUT2D eigenvalue weighted by atomic mass is 10.1. The van der Waals surface area contributed by atoms with E-state index < -0.39 is 6.10 Å². The third-order valence-corrected chi connectivity index (χ3v) is 2.74. The van der Waals surface area contributed by atoms with Crippen LogP contribution in [-0.4, -0.2) is 30.5 Å². The molecule has 1 aliphatic rings. The Morgan fingerprint density at radius 3 is 3.06 bits per heavy atom. The SMILES string of the molecule is CCCOCC(O)C1Cc2ccccc2O1. The molecule has 0 saturated carbocycles. The summed E-state index contributed by atoms with van der Waals surface area (Å²) in [6.07, 6.45) is 1.04. The van der Waals surface area contributed by atoms with Crippen molar-refractivity contribution in [2.45, 2.75) is 32.0 Å². The first-order chi connectivity index (χ1) is 7.81. The normalized spacial score (nSPS) is 20.2. The predicted molar refractivity (Wildman–Crippen MR) is 61.7 cm³/mol. The average Bonchev–Trinajstić information content (AvgIpc) is 2.73. The molecule has 1 aromatic rings. The molecule has 2 rings (SSSR count). The topological polar surface area (TPSA) is 38.7 Å². The molecule has 0 bridgehead atoms. The largest absolute Gasteiger partial charge is 0.487 e. The van der Waals surface area contributed by atoms with Crippen molar-refractivity contribution in [3.63, 3.8) is 0 Å². The molecule has 1 aromatic carbocycles. The van der Waals surface area contributed by atoms with Crippen LogP contribution in [0.3, 0.4) is 0 Å². The first-order valence-corrected chi connectivity index (χ1v) is 5.81. The summed E-state index contributed by atoms with van der Waals surface area (Å²) in [4.78, 5) is 0. The molecular weight excluding hydrogens is 204 g/mol. The molecule has 3 nitrogen and oxygen atoms in total. The number of aliphatic hydroxyl groups excluding tert-OH is 1. The van der Waals surface area contributed by atoms with E-state index in [-0.39, 0.29) is 6.10 Å². The van der Waals surface area contributed by atoms with E-state index in [4.69, 9.17) is 9.47 Å². The van der Waals surface area contributed by atoms with Gasteiger partial charge in [-0.3, -0.25) is 0 Å². The van der Waals surface area contributed by atoms with Gasteiger partial charge >= 0.3 is 0 Å². The second-order valence-corrected chi connectivity index (χ2v) is 4.11. The lowest BCUT2D eigenvalue weighted by molar-refractivity contribution is -0.0198. The number of rotatable bonds is 5. The average molecular weight is 222 g/mol. The molecule has 0 saturated heterocycles. The fourth-order valence-corrected chi connectivity index (χ4v) is 1.88. The van der Waals surface area contributed by atoms with E-state index in [1.165, 1.54) is 5.56 Å². The highest BCUT2D eigenvalue weighted by Gasteiger charge is 2.28. The minimum Gasteiger partial charge on any atom is -0.487 e. The Kier molecular flexibility index (Phi) is 3.80. The van der Waals surface area contributed by atoms with Crippen LogP contribution < -0.4 is 4.74 Å². The second-order valence-electron chi connectivity index (χ2n) is 4.11. The van der Waals surface area contributed by atoms with Crippen molar-refractivity contribution < 1.29 is 14.6 Å². The maximum Gasteiger partial charge on any atom is 0.131 e. The summed E-state index contributed by atoms with van der Waals surface area (Å²) in [7, 11) is 0. The van der Waals surface area contributed by atoms with Gasteiger partial charge in [0, 0.05) is 13.0 Å². The highest BCUT2D eigenvalue weighted by molar-refractivity contribution is 5.37. The summed E-state index contributed by atoms with van der Waals surface area (Å²) in [6.45, 7) is 3.09. The molecule has 2 unspecified atom stereocenters. The van der Waals surface area contributed by atoms with Gasteiger partial charge in [-0.2, -0.15) is 0 Å². The minimum absolute atomic E-state index is 0.158. The van der Waals surface area contributed by atoms with Gasteiger partial charge in [0.15, 0.2) is 0 Å². The Labute approximate surface area is 96.0 Å². The molecule has 0 radical (unpaired) electrons. The van der Waals surface area contributed by atoms with Crippen LogP contribution >= 0.6 is 0 Å². The van der Waals surface area contributed by atoms with Crippen LogP contribution in [0.4, 0.5) is 0 Å². The summed E-state index contributed by atoms with van der Waals surface area (Å²) in [5.74, 6) is 0.891. The molecule has 1 heterocycles. The Morgan fingerprint density at radius 1 is 1.50 bits per heavy atom. The zero-order valence-electron chi connectivity index (χ0n) is 9.56. The van der Waals surface area contributed by atoms with Crippen LogP contribution in [0.25, 0.3) is 0 Å². The molecular formula is C13H18O3. The van der Waals surface area contributed by atoms with Gasteiger partial charge in [0.25, 0.3) is 0 Å². The van der Waals surface area contributed by atoms with E-state index in [1.807, 2.05) is 31.2 Å². The van der Waals surface area contributed by atoms with Crippen LogP contribution in [0.5, 0.6) is 5.75 Å². The van der Waals surface area contributed by atoms with Crippen LogP contribution in [0, 0.1) is 0 Å². The van der Waals surface area contributed by atoms with Gasteiger partial charge in [-0.25, -0.2) is 0 Å². The van der Waals surface area contributed by atoms with Gasteiger partial charge in [0.05, 0.1) is 6.61 Å². The first-order valence-electron chi connectivity index (χ1n) is 5.81. The van der Waals surface area contributed by atoms with E-state index in [1.54, 1.807) is 0 Å². The molecule has 0 aromatic heterocycles. The van der Waals surface area contributed by atoms with E-state index in [0.29, 0.717) is 13.2 Å².